The van der Waals surface area contributed by atoms with E-state index in [0.717, 1.165) is 25.2 Å². The lowest BCUT2D eigenvalue weighted by Crippen LogP contribution is -2.24. The van der Waals surface area contributed by atoms with E-state index in [2.05, 4.69) is 34.6 Å². The Morgan fingerprint density at radius 3 is 2.51 bits per heavy atom. The standard InChI is InChI=1S/C26H28Cl2N4O3/c1-3-32(4-2)16-18-8-11-21(12-9-18)30-26(34)31-29-15-19-10-13-22(14-24(19)33)35-17-20-6-5-7-23(27)25(20)28/h5-15,33H,3-4,16-17H2,1-2H3,(H2,30,31,34)/b29-15+. The average molecular weight is 515 g/mol. The number of hydrogen-bond acceptors (Lipinski definition) is 5. The second kappa shape index (κ2) is 13.0. The van der Waals surface area contributed by atoms with Gasteiger partial charge in [0.05, 0.1) is 16.3 Å². The molecule has 0 radical (unpaired) electrons. The summed E-state index contributed by atoms with van der Waals surface area (Å²) in [5, 5.41) is 17.8. The van der Waals surface area contributed by atoms with Crippen molar-refractivity contribution in [3.8, 4) is 11.5 Å². The largest absolute Gasteiger partial charge is 0.507 e. The van der Waals surface area contributed by atoms with Gasteiger partial charge in [0.15, 0.2) is 0 Å². The van der Waals surface area contributed by atoms with E-state index in [-0.39, 0.29) is 12.4 Å². The van der Waals surface area contributed by atoms with Gasteiger partial charge in [-0.05, 0) is 49.0 Å². The number of hydrogen-bond donors (Lipinski definition) is 3. The number of halogens is 2. The number of phenolic OH excluding ortho intramolecular Hbond substituents is 1. The number of nitrogens with one attached hydrogen (secondary N) is 2. The van der Waals surface area contributed by atoms with Gasteiger partial charge in [-0.1, -0.05) is 61.3 Å². The minimum atomic E-state index is -0.490. The molecule has 2 amide bonds. The van der Waals surface area contributed by atoms with Gasteiger partial charge in [0.25, 0.3) is 0 Å². The van der Waals surface area contributed by atoms with Gasteiger partial charge in [0.1, 0.15) is 18.1 Å². The number of carbonyl (C=O) groups excluding carboxylic acids is 1. The molecule has 0 aliphatic rings. The summed E-state index contributed by atoms with van der Waals surface area (Å²) in [6.07, 6.45) is 1.35. The molecule has 0 bridgehead atoms. The van der Waals surface area contributed by atoms with E-state index in [9.17, 15) is 9.90 Å². The Balaban J connectivity index is 1.49. The van der Waals surface area contributed by atoms with E-state index in [1.54, 1.807) is 24.3 Å². The summed E-state index contributed by atoms with van der Waals surface area (Å²) in [6, 6.07) is 17.2. The molecule has 0 saturated carbocycles. The monoisotopic (exact) mass is 514 g/mol. The van der Waals surface area contributed by atoms with Crippen molar-refractivity contribution in [2.24, 2.45) is 5.10 Å². The van der Waals surface area contributed by atoms with Crippen molar-refractivity contribution in [2.75, 3.05) is 18.4 Å². The lowest BCUT2D eigenvalue weighted by atomic mass is 10.2. The van der Waals surface area contributed by atoms with Crippen LogP contribution < -0.4 is 15.5 Å². The molecule has 0 fully saturated rings. The molecule has 0 unspecified atom stereocenters. The number of hydrazone groups is 1. The molecule has 0 aromatic heterocycles. The third-order valence-electron chi connectivity index (χ3n) is 5.31. The molecule has 0 aliphatic carbocycles. The van der Waals surface area contributed by atoms with E-state index in [4.69, 9.17) is 27.9 Å². The Morgan fingerprint density at radius 2 is 1.83 bits per heavy atom. The average Bonchev–Trinajstić information content (AvgIpc) is 2.85. The molecule has 9 heteroatoms. The highest BCUT2D eigenvalue weighted by molar-refractivity contribution is 6.42. The van der Waals surface area contributed by atoms with Crippen LogP contribution in [0.25, 0.3) is 0 Å². The predicted octanol–water partition coefficient (Wildman–Crippen LogP) is 6.28. The van der Waals surface area contributed by atoms with Crippen LogP contribution in [-0.4, -0.2) is 35.3 Å². The Morgan fingerprint density at radius 1 is 1.09 bits per heavy atom. The number of nitrogens with zero attached hydrogens (tertiary/aromatic N) is 2. The molecule has 0 aliphatic heterocycles. The minimum absolute atomic E-state index is 0.0468. The number of urea groups is 1. The van der Waals surface area contributed by atoms with Gasteiger partial charge in [-0.15, -0.1) is 0 Å². The van der Waals surface area contributed by atoms with Crippen LogP contribution in [0.3, 0.4) is 0 Å². The molecule has 0 heterocycles. The summed E-state index contributed by atoms with van der Waals surface area (Å²) in [5.41, 5.74) is 5.37. The summed E-state index contributed by atoms with van der Waals surface area (Å²) < 4.78 is 5.69. The number of benzene rings is 3. The van der Waals surface area contributed by atoms with Crippen LogP contribution in [0, 0.1) is 0 Å². The van der Waals surface area contributed by atoms with Crippen molar-refractivity contribution in [3.63, 3.8) is 0 Å². The van der Waals surface area contributed by atoms with Crippen LogP contribution in [0.4, 0.5) is 10.5 Å². The molecule has 7 nitrogen and oxygen atoms in total. The van der Waals surface area contributed by atoms with Crippen LogP contribution in [-0.2, 0) is 13.2 Å². The molecule has 3 aromatic carbocycles. The summed E-state index contributed by atoms with van der Waals surface area (Å²) in [4.78, 5) is 14.4. The zero-order chi connectivity index (χ0) is 25.2. The highest BCUT2D eigenvalue weighted by atomic mass is 35.5. The number of amides is 2. The SMILES string of the molecule is CCN(CC)Cc1ccc(NC(=O)N/N=C/c2ccc(OCc3cccc(Cl)c3Cl)cc2O)cc1. The maximum Gasteiger partial charge on any atom is 0.339 e. The quantitative estimate of drug-likeness (QED) is 0.219. The summed E-state index contributed by atoms with van der Waals surface area (Å²) in [6.45, 7) is 7.30. The molecule has 0 atom stereocenters. The molecule has 3 rings (SSSR count). The molecule has 184 valence electrons. The summed E-state index contributed by atoms with van der Waals surface area (Å²) in [7, 11) is 0. The molecule has 35 heavy (non-hydrogen) atoms. The highest BCUT2D eigenvalue weighted by Crippen LogP contribution is 2.28. The van der Waals surface area contributed by atoms with Crippen LogP contribution in [0.2, 0.25) is 10.0 Å². The molecule has 3 N–H and O–H groups in total. The minimum Gasteiger partial charge on any atom is -0.507 e. The first-order valence-corrected chi connectivity index (χ1v) is 11.9. The Bertz CT molecular complexity index is 1170. The van der Waals surface area contributed by atoms with Crippen molar-refractivity contribution in [3.05, 3.63) is 87.4 Å². The summed E-state index contributed by atoms with van der Waals surface area (Å²) in [5.74, 6) is 0.403. The molecular weight excluding hydrogens is 487 g/mol. The topological polar surface area (TPSA) is 86.2 Å². The second-order valence-corrected chi connectivity index (χ2v) is 8.49. The van der Waals surface area contributed by atoms with E-state index in [1.165, 1.54) is 17.8 Å². The van der Waals surface area contributed by atoms with Gasteiger partial charge < -0.3 is 15.2 Å². The van der Waals surface area contributed by atoms with Gasteiger partial charge in [-0.25, -0.2) is 10.2 Å². The Kier molecular flexibility index (Phi) is 9.78. The fourth-order valence-corrected chi connectivity index (χ4v) is 3.64. The number of carbonyl (C=O) groups is 1. The van der Waals surface area contributed by atoms with E-state index >= 15 is 0 Å². The van der Waals surface area contributed by atoms with Crippen molar-refractivity contribution in [1.82, 2.24) is 10.3 Å². The first-order valence-electron chi connectivity index (χ1n) is 11.2. The Labute approximate surface area is 215 Å². The van der Waals surface area contributed by atoms with Crippen molar-refractivity contribution in [2.45, 2.75) is 27.0 Å². The van der Waals surface area contributed by atoms with Crippen LogP contribution in [0.1, 0.15) is 30.5 Å². The molecule has 0 spiro atoms. The summed E-state index contributed by atoms with van der Waals surface area (Å²) >= 11 is 12.2. The zero-order valence-electron chi connectivity index (χ0n) is 19.6. The van der Waals surface area contributed by atoms with Crippen molar-refractivity contribution in [1.29, 1.82) is 0 Å². The Hall–Kier alpha value is -3.26. The lowest BCUT2D eigenvalue weighted by Gasteiger charge is -2.18. The van der Waals surface area contributed by atoms with E-state index in [1.807, 2.05) is 30.3 Å². The van der Waals surface area contributed by atoms with Crippen molar-refractivity contribution >= 4 is 41.1 Å². The maximum atomic E-state index is 12.1. The second-order valence-electron chi connectivity index (χ2n) is 7.70. The molecule has 3 aromatic rings. The molecule has 0 saturated heterocycles. The zero-order valence-corrected chi connectivity index (χ0v) is 21.1. The fraction of sp³-hybridized carbons (Fsp3) is 0.231. The lowest BCUT2D eigenvalue weighted by molar-refractivity contribution is 0.252. The number of rotatable bonds is 10. The van der Waals surface area contributed by atoms with Gasteiger partial charge in [0, 0.05) is 29.4 Å². The van der Waals surface area contributed by atoms with Crippen molar-refractivity contribution < 1.29 is 14.6 Å². The van der Waals surface area contributed by atoms with E-state index < -0.39 is 6.03 Å². The first kappa shape index (κ1) is 26.3. The van der Waals surface area contributed by atoms with Crippen LogP contribution >= 0.6 is 23.2 Å². The number of aromatic hydroxyl groups is 1. The van der Waals surface area contributed by atoms with Gasteiger partial charge in [-0.2, -0.15) is 5.10 Å². The highest BCUT2D eigenvalue weighted by Gasteiger charge is 2.07. The molecular formula is C26H28Cl2N4O3. The van der Waals surface area contributed by atoms with Gasteiger partial charge >= 0.3 is 6.03 Å². The van der Waals surface area contributed by atoms with Crippen LogP contribution in [0.15, 0.2) is 65.8 Å². The maximum absolute atomic E-state index is 12.1. The third-order valence-corrected chi connectivity index (χ3v) is 6.17. The normalized spacial score (nSPS) is 11.1. The predicted molar refractivity (Wildman–Crippen MR) is 142 cm³/mol. The first-order chi connectivity index (χ1) is 16.9. The number of anilines is 1. The smallest absolute Gasteiger partial charge is 0.339 e. The van der Waals surface area contributed by atoms with Gasteiger partial charge in [-0.3, -0.25) is 4.90 Å². The third kappa shape index (κ3) is 7.89. The number of ether oxygens (including phenoxy) is 1. The van der Waals surface area contributed by atoms with Crippen LogP contribution in [0.5, 0.6) is 11.5 Å². The van der Waals surface area contributed by atoms with E-state index in [0.29, 0.717) is 27.0 Å². The van der Waals surface area contributed by atoms with Gasteiger partial charge in [0.2, 0.25) is 0 Å². The fourth-order valence-electron chi connectivity index (χ4n) is 3.26. The number of phenols is 1.